The van der Waals surface area contributed by atoms with Crippen molar-refractivity contribution in [3.8, 4) is 10.6 Å². The second-order valence-electron chi connectivity index (χ2n) is 5.92. The summed E-state index contributed by atoms with van der Waals surface area (Å²) in [5.41, 5.74) is 2.47. The monoisotopic (exact) mass is 302 g/mol. The molecule has 4 heteroatoms. The van der Waals surface area contributed by atoms with E-state index in [4.69, 9.17) is 0 Å². The van der Waals surface area contributed by atoms with Gasteiger partial charge in [0.1, 0.15) is 5.01 Å². The molecule has 1 aliphatic heterocycles. The molecular formula is C17H22N2OS. The molecule has 1 aromatic carbocycles. The molecule has 1 N–H and O–H groups in total. The third-order valence-corrected chi connectivity index (χ3v) is 5.12. The normalized spacial score (nSPS) is 19.8. The summed E-state index contributed by atoms with van der Waals surface area (Å²) in [5, 5.41) is 10.4. The van der Waals surface area contributed by atoms with E-state index in [-0.39, 0.29) is 0 Å². The fourth-order valence-electron chi connectivity index (χ4n) is 2.87. The van der Waals surface area contributed by atoms with Crippen LogP contribution in [0.1, 0.15) is 23.3 Å². The van der Waals surface area contributed by atoms with Crippen molar-refractivity contribution in [1.82, 2.24) is 9.88 Å². The largest absolute Gasteiger partial charge is 0.396 e. The Morgan fingerprint density at radius 2 is 2.14 bits per heavy atom. The first-order valence-electron chi connectivity index (χ1n) is 7.59. The number of aromatic nitrogens is 1. The van der Waals surface area contributed by atoms with Crippen molar-refractivity contribution in [3.05, 3.63) is 40.9 Å². The molecule has 21 heavy (non-hydrogen) atoms. The van der Waals surface area contributed by atoms with Crippen LogP contribution in [0.2, 0.25) is 0 Å². The molecule has 1 saturated heterocycles. The average Bonchev–Trinajstić information content (AvgIpc) is 2.96. The van der Waals surface area contributed by atoms with Crippen molar-refractivity contribution in [2.75, 3.05) is 19.7 Å². The number of piperidine rings is 1. The van der Waals surface area contributed by atoms with Gasteiger partial charge in [0.2, 0.25) is 0 Å². The van der Waals surface area contributed by atoms with E-state index < -0.39 is 0 Å². The SMILES string of the molecule is Cc1ccc(-c2ncc(CN3CCCC(CO)C3)s2)cc1. The molecule has 0 bridgehead atoms. The Balaban J connectivity index is 1.66. The second-order valence-corrected chi connectivity index (χ2v) is 7.04. The van der Waals surface area contributed by atoms with E-state index >= 15 is 0 Å². The van der Waals surface area contributed by atoms with Crippen molar-refractivity contribution in [1.29, 1.82) is 0 Å². The van der Waals surface area contributed by atoms with Gasteiger partial charge in [-0.2, -0.15) is 0 Å². The number of thiazole rings is 1. The fraction of sp³-hybridized carbons (Fsp3) is 0.471. The third kappa shape index (κ3) is 3.70. The topological polar surface area (TPSA) is 36.4 Å². The van der Waals surface area contributed by atoms with Gasteiger partial charge in [-0.25, -0.2) is 4.98 Å². The molecule has 112 valence electrons. The van der Waals surface area contributed by atoms with Crippen LogP contribution in [0, 0.1) is 12.8 Å². The molecule has 1 atom stereocenters. The van der Waals surface area contributed by atoms with Gasteiger partial charge in [-0.1, -0.05) is 29.8 Å². The number of hydrogen-bond donors (Lipinski definition) is 1. The number of benzene rings is 1. The zero-order valence-corrected chi connectivity index (χ0v) is 13.3. The standard InChI is InChI=1S/C17H22N2OS/c1-13-4-6-15(7-5-13)17-18-9-16(21-17)11-19-8-2-3-14(10-19)12-20/h4-7,9,14,20H,2-3,8,10-12H2,1H3. The number of hydrogen-bond acceptors (Lipinski definition) is 4. The predicted octanol–water partition coefficient (Wildman–Crippen LogP) is 3.32. The Labute approximate surface area is 130 Å². The summed E-state index contributed by atoms with van der Waals surface area (Å²) in [6.45, 7) is 5.52. The van der Waals surface area contributed by atoms with E-state index in [2.05, 4.69) is 41.1 Å². The summed E-state index contributed by atoms with van der Waals surface area (Å²) < 4.78 is 0. The molecule has 0 saturated carbocycles. The summed E-state index contributed by atoms with van der Waals surface area (Å²) >= 11 is 1.78. The molecule has 2 heterocycles. The molecule has 0 amide bonds. The zero-order chi connectivity index (χ0) is 14.7. The minimum atomic E-state index is 0.313. The summed E-state index contributed by atoms with van der Waals surface area (Å²) in [4.78, 5) is 8.31. The van der Waals surface area contributed by atoms with Gasteiger partial charge in [-0.3, -0.25) is 4.90 Å². The number of aliphatic hydroxyl groups excluding tert-OH is 1. The van der Waals surface area contributed by atoms with Gasteiger partial charge in [0.25, 0.3) is 0 Å². The molecule has 2 aromatic rings. The molecule has 1 unspecified atom stereocenters. The maximum atomic E-state index is 9.31. The van der Waals surface area contributed by atoms with Crippen LogP contribution in [0.4, 0.5) is 0 Å². The Morgan fingerprint density at radius 3 is 2.90 bits per heavy atom. The van der Waals surface area contributed by atoms with Gasteiger partial charge < -0.3 is 5.11 Å². The molecule has 3 nitrogen and oxygen atoms in total. The number of rotatable bonds is 4. The van der Waals surface area contributed by atoms with Crippen LogP contribution in [-0.4, -0.2) is 34.7 Å². The summed E-state index contributed by atoms with van der Waals surface area (Å²) in [6.07, 6.45) is 4.35. The summed E-state index contributed by atoms with van der Waals surface area (Å²) in [5.74, 6) is 0.447. The van der Waals surface area contributed by atoms with Crippen molar-refractivity contribution >= 4 is 11.3 Å². The van der Waals surface area contributed by atoms with Crippen LogP contribution in [0.25, 0.3) is 10.6 Å². The highest BCUT2D eigenvalue weighted by Gasteiger charge is 2.19. The highest BCUT2D eigenvalue weighted by molar-refractivity contribution is 7.15. The number of aryl methyl sites for hydroxylation is 1. The van der Waals surface area contributed by atoms with E-state index in [1.165, 1.54) is 22.4 Å². The number of nitrogens with zero attached hydrogens (tertiary/aromatic N) is 2. The van der Waals surface area contributed by atoms with Crippen LogP contribution in [0.15, 0.2) is 30.5 Å². The Hall–Kier alpha value is -1.23. The Bertz CT molecular complexity index is 579. The van der Waals surface area contributed by atoms with Crippen LogP contribution < -0.4 is 0 Å². The first-order chi connectivity index (χ1) is 10.2. The first kappa shape index (κ1) is 14.7. The summed E-state index contributed by atoms with van der Waals surface area (Å²) in [7, 11) is 0. The Morgan fingerprint density at radius 1 is 1.33 bits per heavy atom. The van der Waals surface area contributed by atoms with Gasteiger partial charge in [0, 0.05) is 36.3 Å². The molecule has 0 spiro atoms. The van der Waals surface area contributed by atoms with Crippen molar-refractivity contribution in [2.45, 2.75) is 26.3 Å². The molecule has 0 radical (unpaired) electrons. The van der Waals surface area contributed by atoms with E-state index in [1.54, 1.807) is 11.3 Å². The molecule has 1 fully saturated rings. The minimum absolute atomic E-state index is 0.313. The quantitative estimate of drug-likeness (QED) is 0.941. The lowest BCUT2D eigenvalue weighted by molar-refractivity contribution is 0.116. The highest BCUT2D eigenvalue weighted by atomic mass is 32.1. The van der Waals surface area contributed by atoms with Crippen LogP contribution in [0.3, 0.4) is 0 Å². The van der Waals surface area contributed by atoms with Crippen molar-refractivity contribution < 1.29 is 5.11 Å². The van der Waals surface area contributed by atoms with Gasteiger partial charge in [-0.15, -0.1) is 11.3 Å². The van der Waals surface area contributed by atoms with Gasteiger partial charge in [-0.05, 0) is 32.2 Å². The zero-order valence-electron chi connectivity index (χ0n) is 12.5. The predicted molar refractivity (Wildman–Crippen MR) is 87.4 cm³/mol. The molecular weight excluding hydrogens is 280 g/mol. The lowest BCUT2D eigenvalue weighted by atomic mass is 9.99. The fourth-order valence-corrected chi connectivity index (χ4v) is 3.83. The van der Waals surface area contributed by atoms with Crippen molar-refractivity contribution in [2.24, 2.45) is 5.92 Å². The van der Waals surface area contributed by atoms with Gasteiger partial charge >= 0.3 is 0 Å². The third-order valence-electron chi connectivity index (χ3n) is 4.09. The van der Waals surface area contributed by atoms with Gasteiger partial charge in [0.15, 0.2) is 0 Å². The van der Waals surface area contributed by atoms with E-state index in [0.29, 0.717) is 12.5 Å². The van der Waals surface area contributed by atoms with Crippen molar-refractivity contribution in [3.63, 3.8) is 0 Å². The molecule has 0 aliphatic carbocycles. The molecule has 3 rings (SSSR count). The number of aliphatic hydroxyl groups is 1. The lowest BCUT2D eigenvalue weighted by Gasteiger charge is -2.31. The minimum Gasteiger partial charge on any atom is -0.396 e. The smallest absolute Gasteiger partial charge is 0.123 e. The second kappa shape index (κ2) is 6.69. The van der Waals surface area contributed by atoms with E-state index in [9.17, 15) is 5.11 Å². The first-order valence-corrected chi connectivity index (χ1v) is 8.41. The van der Waals surface area contributed by atoms with Crippen LogP contribution in [-0.2, 0) is 6.54 Å². The number of likely N-dealkylation sites (tertiary alicyclic amines) is 1. The van der Waals surface area contributed by atoms with Crippen LogP contribution >= 0.6 is 11.3 Å². The average molecular weight is 302 g/mol. The van der Waals surface area contributed by atoms with Gasteiger partial charge in [0.05, 0.1) is 0 Å². The van der Waals surface area contributed by atoms with Crippen LogP contribution in [0.5, 0.6) is 0 Å². The maximum Gasteiger partial charge on any atom is 0.123 e. The van der Waals surface area contributed by atoms with E-state index in [1.807, 2.05) is 6.20 Å². The lowest BCUT2D eigenvalue weighted by Crippen LogP contribution is -2.36. The maximum absolute atomic E-state index is 9.31. The Kier molecular flexibility index (Phi) is 4.68. The summed E-state index contributed by atoms with van der Waals surface area (Å²) in [6, 6.07) is 8.54. The molecule has 1 aliphatic rings. The highest BCUT2D eigenvalue weighted by Crippen LogP contribution is 2.27. The van der Waals surface area contributed by atoms with E-state index in [0.717, 1.165) is 31.1 Å². The molecule has 1 aromatic heterocycles.